The first kappa shape index (κ1) is 13.4. The molecule has 0 fully saturated rings. The predicted octanol–water partition coefficient (Wildman–Crippen LogP) is 0.201. The third-order valence-corrected chi connectivity index (χ3v) is 2.11. The van der Waals surface area contributed by atoms with Crippen molar-refractivity contribution in [1.29, 1.82) is 0 Å². The van der Waals surface area contributed by atoms with Crippen LogP contribution in [-0.2, 0) is 4.79 Å². The first-order valence-electron chi connectivity index (χ1n) is 5.18. The molecular formula is C10H22N2O2. The zero-order chi connectivity index (χ0) is 11.1. The van der Waals surface area contributed by atoms with Gasteiger partial charge in [0.15, 0.2) is 0 Å². The summed E-state index contributed by atoms with van der Waals surface area (Å²) >= 11 is 0. The van der Waals surface area contributed by atoms with E-state index in [4.69, 9.17) is 10.8 Å². The van der Waals surface area contributed by atoms with Crippen LogP contribution in [0.25, 0.3) is 0 Å². The minimum Gasteiger partial charge on any atom is -0.395 e. The number of aliphatic hydroxyl groups excluding tert-OH is 1. The van der Waals surface area contributed by atoms with Gasteiger partial charge in [-0.3, -0.25) is 4.79 Å². The fraction of sp³-hybridized carbons (Fsp3) is 0.900. The number of aliphatic hydroxyl groups is 1. The molecule has 4 heteroatoms. The van der Waals surface area contributed by atoms with Gasteiger partial charge >= 0.3 is 0 Å². The second kappa shape index (κ2) is 6.79. The number of amides is 1. The number of rotatable bonds is 6. The molecule has 0 bridgehead atoms. The van der Waals surface area contributed by atoms with Gasteiger partial charge < -0.3 is 15.7 Å². The number of carbonyl (C=O) groups excluding carboxylic acids is 1. The average Bonchev–Trinajstić information content (AvgIpc) is 2.12. The lowest BCUT2D eigenvalue weighted by Crippen LogP contribution is -2.45. The van der Waals surface area contributed by atoms with Gasteiger partial charge in [0.2, 0.25) is 5.91 Å². The Morgan fingerprint density at radius 3 is 2.43 bits per heavy atom. The second-order valence-electron chi connectivity index (χ2n) is 3.88. The van der Waals surface area contributed by atoms with Crippen LogP contribution in [0.3, 0.4) is 0 Å². The Bertz CT molecular complexity index is 172. The molecule has 0 aromatic heterocycles. The molecule has 0 spiro atoms. The molecule has 0 aromatic rings. The third kappa shape index (κ3) is 4.58. The Kier molecular flexibility index (Phi) is 6.49. The van der Waals surface area contributed by atoms with Gasteiger partial charge in [-0.2, -0.15) is 0 Å². The highest BCUT2D eigenvalue weighted by Crippen LogP contribution is 2.05. The van der Waals surface area contributed by atoms with Crippen LogP contribution in [0.15, 0.2) is 0 Å². The summed E-state index contributed by atoms with van der Waals surface area (Å²) in [5.41, 5.74) is 5.75. The van der Waals surface area contributed by atoms with E-state index in [-0.39, 0.29) is 12.5 Å². The summed E-state index contributed by atoms with van der Waals surface area (Å²) < 4.78 is 0. The van der Waals surface area contributed by atoms with E-state index >= 15 is 0 Å². The molecule has 0 radical (unpaired) electrons. The van der Waals surface area contributed by atoms with Crippen molar-refractivity contribution in [3.8, 4) is 0 Å². The quantitative estimate of drug-likeness (QED) is 0.646. The normalized spacial score (nSPS) is 13.0. The van der Waals surface area contributed by atoms with Crippen LogP contribution in [0.2, 0.25) is 0 Å². The highest BCUT2D eigenvalue weighted by Gasteiger charge is 2.19. The molecule has 4 nitrogen and oxygen atoms in total. The molecule has 0 aliphatic heterocycles. The van der Waals surface area contributed by atoms with Crippen molar-refractivity contribution in [2.75, 3.05) is 19.7 Å². The fourth-order valence-corrected chi connectivity index (χ4v) is 1.39. The third-order valence-electron chi connectivity index (χ3n) is 2.11. The topological polar surface area (TPSA) is 66.6 Å². The number of carbonyl (C=O) groups is 1. The largest absolute Gasteiger partial charge is 0.395 e. The highest BCUT2D eigenvalue weighted by molar-refractivity contribution is 5.81. The maximum absolute atomic E-state index is 11.7. The van der Waals surface area contributed by atoms with Gasteiger partial charge in [-0.1, -0.05) is 13.8 Å². The first-order chi connectivity index (χ1) is 6.52. The van der Waals surface area contributed by atoms with E-state index < -0.39 is 6.04 Å². The maximum Gasteiger partial charge on any atom is 0.239 e. The van der Waals surface area contributed by atoms with E-state index in [0.717, 1.165) is 0 Å². The molecule has 0 saturated carbocycles. The Hall–Kier alpha value is -0.610. The van der Waals surface area contributed by atoms with E-state index in [1.54, 1.807) is 4.90 Å². The van der Waals surface area contributed by atoms with Crippen LogP contribution >= 0.6 is 0 Å². The van der Waals surface area contributed by atoms with Crippen LogP contribution in [0.1, 0.15) is 27.2 Å². The summed E-state index contributed by atoms with van der Waals surface area (Å²) in [4.78, 5) is 13.3. The van der Waals surface area contributed by atoms with E-state index in [0.29, 0.717) is 25.4 Å². The lowest BCUT2D eigenvalue weighted by molar-refractivity contribution is -0.133. The Morgan fingerprint density at radius 2 is 2.07 bits per heavy atom. The zero-order valence-electron chi connectivity index (χ0n) is 9.36. The number of hydrogen-bond donors (Lipinski definition) is 2. The average molecular weight is 202 g/mol. The smallest absolute Gasteiger partial charge is 0.239 e. The van der Waals surface area contributed by atoms with Crippen LogP contribution in [0.4, 0.5) is 0 Å². The van der Waals surface area contributed by atoms with Crippen molar-refractivity contribution in [2.45, 2.75) is 33.2 Å². The summed E-state index contributed by atoms with van der Waals surface area (Å²) in [5.74, 6) is 0.358. The second-order valence-corrected chi connectivity index (χ2v) is 3.88. The highest BCUT2D eigenvalue weighted by atomic mass is 16.3. The maximum atomic E-state index is 11.7. The van der Waals surface area contributed by atoms with E-state index in [2.05, 4.69) is 0 Å². The number of hydrogen-bond acceptors (Lipinski definition) is 3. The molecular weight excluding hydrogens is 180 g/mol. The van der Waals surface area contributed by atoms with Crippen molar-refractivity contribution >= 4 is 5.91 Å². The molecule has 0 rings (SSSR count). The molecule has 1 atom stereocenters. The molecule has 3 N–H and O–H groups in total. The number of nitrogens with two attached hydrogens (primary N) is 1. The number of nitrogens with zero attached hydrogens (tertiary/aromatic N) is 1. The van der Waals surface area contributed by atoms with E-state index in [1.807, 2.05) is 20.8 Å². The molecule has 0 heterocycles. The monoisotopic (exact) mass is 202 g/mol. The van der Waals surface area contributed by atoms with Crippen molar-refractivity contribution in [1.82, 2.24) is 4.90 Å². The minimum absolute atomic E-state index is 0.00597. The SMILES string of the molecule is CCN(CCO)C(=O)[C@H](N)CC(C)C. The summed E-state index contributed by atoms with van der Waals surface area (Å²) in [5, 5.41) is 8.75. The van der Waals surface area contributed by atoms with Crippen LogP contribution < -0.4 is 5.73 Å². The van der Waals surface area contributed by atoms with Crippen LogP contribution in [-0.4, -0.2) is 41.7 Å². The summed E-state index contributed by atoms with van der Waals surface area (Å²) in [6.07, 6.45) is 0.695. The predicted molar refractivity (Wildman–Crippen MR) is 56.8 cm³/mol. The van der Waals surface area contributed by atoms with E-state index in [1.165, 1.54) is 0 Å². The first-order valence-corrected chi connectivity index (χ1v) is 5.18. The summed E-state index contributed by atoms with van der Waals surface area (Å²) in [6.45, 7) is 6.93. The standard InChI is InChI=1S/C10H22N2O2/c1-4-12(5-6-13)10(14)9(11)7-8(2)3/h8-9,13H,4-7,11H2,1-3H3/t9-/m1/s1. The molecule has 1 amide bonds. The lowest BCUT2D eigenvalue weighted by atomic mass is 10.0. The zero-order valence-corrected chi connectivity index (χ0v) is 9.36. The number of likely N-dealkylation sites (N-methyl/N-ethyl adjacent to an activating group) is 1. The Balaban J connectivity index is 4.12. The molecule has 0 saturated heterocycles. The van der Waals surface area contributed by atoms with Gasteiger partial charge in [-0.05, 0) is 19.3 Å². The van der Waals surface area contributed by atoms with Crippen LogP contribution in [0, 0.1) is 5.92 Å². The lowest BCUT2D eigenvalue weighted by Gasteiger charge is -2.24. The molecule has 84 valence electrons. The molecule has 0 aliphatic carbocycles. The van der Waals surface area contributed by atoms with Crippen LogP contribution in [0.5, 0.6) is 0 Å². The van der Waals surface area contributed by atoms with Gasteiger partial charge in [-0.15, -0.1) is 0 Å². The van der Waals surface area contributed by atoms with Gasteiger partial charge in [0.25, 0.3) is 0 Å². The minimum atomic E-state index is -0.429. The van der Waals surface area contributed by atoms with Gasteiger partial charge in [0.1, 0.15) is 0 Å². The van der Waals surface area contributed by atoms with E-state index in [9.17, 15) is 4.79 Å². The Morgan fingerprint density at radius 1 is 1.50 bits per heavy atom. The Labute approximate surface area is 86.1 Å². The molecule has 0 aromatic carbocycles. The van der Waals surface area contributed by atoms with Crippen molar-refractivity contribution in [3.63, 3.8) is 0 Å². The van der Waals surface area contributed by atoms with Crippen molar-refractivity contribution in [3.05, 3.63) is 0 Å². The van der Waals surface area contributed by atoms with Crippen molar-refractivity contribution in [2.24, 2.45) is 11.7 Å². The van der Waals surface area contributed by atoms with Gasteiger partial charge in [-0.25, -0.2) is 0 Å². The van der Waals surface area contributed by atoms with Crippen molar-refractivity contribution < 1.29 is 9.90 Å². The fourth-order valence-electron chi connectivity index (χ4n) is 1.39. The molecule has 0 aliphatic rings. The molecule has 14 heavy (non-hydrogen) atoms. The van der Waals surface area contributed by atoms with Gasteiger partial charge in [0, 0.05) is 13.1 Å². The molecule has 0 unspecified atom stereocenters. The van der Waals surface area contributed by atoms with Gasteiger partial charge in [0.05, 0.1) is 12.6 Å². The summed E-state index contributed by atoms with van der Waals surface area (Å²) in [7, 11) is 0. The summed E-state index contributed by atoms with van der Waals surface area (Å²) in [6, 6.07) is -0.429.